The predicted octanol–water partition coefficient (Wildman–Crippen LogP) is 7.20. The van der Waals surface area contributed by atoms with Crippen molar-refractivity contribution in [2.75, 3.05) is 47.5 Å². The molecule has 0 aromatic carbocycles. The molecular formula is C30H63NO7P+. The number of nitrogens with zero attached hydrogens (tertiary/aromatic N) is 1. The molecule has 9 heteroatoms. The zero-order valence-electron chi connectivity index (χ0n) is 26.0. The molecule has 0 radical (unpaired) electrons. The molecule has 0 amide bonds. The van der Waals surface area contributed by atoms with Crippen LogP contribution in [-0.4, -0.2) is 79.9 Å². The number of rotatable bonds is 28. The number of unbranched alkanes of at least 4 members (excludes halogenated alkanes) is 15. The first-order chi connectivity index (χ1) is 18.5. The van der Waals surface area contributed by atoms with Crippen LogP contribution in [0.15, 0.2) is 0 Å². The standard InChI is InChI=1S/C30H62NO7P/c1-6-7-8-9-10-11-12-13-14-15-16-17-18-22-25-36-26-29(38-28(2)32)27-37-39(34,35)30(33)23-20-19-21-24-31(3,4)5/h29-30,33H,6-27H2,1-5H3/p+1/t29-,30?/m1/s1. The Morgan fingerprint density at radius 2 is 1.26 bits per heavy atom. The van der Waals surface area contributed by atoms with Crippen LogP contribution in [0.25, 0.3) is 0 Å². The van der Waals surface area contributed by atoms with Crippen molar-refractivity contribution in [1.29, 1.82) is 0 Å². The van der Waals surface area contributed by atoms with Gasteiger partial charge >= 0.3 is 13.6 Å². The van der Waals surface area contributed by atoms with Crippen LogP contribution in [0.3, 0.4) is 0 Å². The number of hydrogen-bond donors (Lipinski definition) is 2. The molecule has 0 saturated carbocycles. The maximum Gasteiger partial charge on any atom is 0.356 e. The fourth-order valence-electron chi connectivity index (χ4n) is 4.49. The number of aliphatic hydroxyl groups excluding tert-OH is 1. The third kappa shape index (κ3) is 26.2. The lowest BCUT2D eigenvalue weighted by Crippen LogP contribution is -2.35. The molecular weight excluding hydrogens is 517 g/mol. The van der Waals surface area contributed by atoms with E-state index in [2.05, 4.69) is 28.1 Å². The van der Waals surface area contributed by atoms with E-state index in [0.29, 0.717) is 13.0 Å². The molecule has 0 aromatic rings. The highest BCUT2D eigenvalue weighted by molar-refractivity contribution is 7.53. The molecule has 39 heavy (non-hydrogen) atoms. The number of carbonyl (C=O) groups excluding carboxylic acids is 1. The Hall–Kier alpha value is -0.500. The topological polar surface area (TPSA) is 102 Å². The molecule has 0 aliphatic carbocycles. The molecule has 0 aliphatic rings. The number of carbonyl (C=O) groups is 1. The van der Waals surface area contributed by atoms with Gasteiger partial charge in [0.2, 0.25) is 0 Å². The molecule has 234 valence electrons. The lowest BCUT2D eigenvalue weighted by atomic mass is 10.0. The Morgan fingerprint density at radius 3 is 1.74 bits per heavy atom. The van der Waals surface area contributed by atoms with E-state index in [0.717, 1.165) is 36.7 Å². The number of quaternary nitrogens is 1. The van der Waals surface area contributed by atoms with Gasteiger partial charge in [-0.3, -0.25) is 9.36 Å². The van der Waals surface area contributed by atoms with Crippen LogP contribution < -0.4 is 0 Å². The van der Waals surface area contributed by atoms with Crippen LogP contribution in [0, 0.1) is 0 Å². The van der Waals surface area contributed by atoms with Gasteiger partial charge in [-0.25, -0.2) is 0 Å². The number of aliphatic hydroxyl groups is 1. The SMILES string of the molecule is CCCCCCCCCCCCCCCCOC[C@H](COP(=O)(O)C(O)CCCCC[N+](C)(C)C)OC(C)=O. The van der Waals surface area contributed by atoms with Crippen molar-refractivity contribution >= 4 is 13.6 Å². The molecule has 0 spiro atoms. The van der Waals surface area contributed by atoms with E-state index >= 15 is 0 Å². The monoisotopic (exact) mass is 580 g/mol. The lowest BCUT2D eigenvalue weighted by molar-refractivity contribution is -0.870. The smallest absolute Gasteiger partial charge is 0.356 e. The first kappa shape index (κ1) is 38.5. The Labute approximate surface area is 240 Å². The maximum atomic E-state index is 12.4. The largest absolute Gasteiger partial charge is 0.458 e. The summed E-state index contributed by atoms with van der Waals surface area (Å²) in [5.41, 5.74) is 0. The average Bonchev–Trinajstić information content (AvgIpc) is 2.85. The van der Waals surface area contributed by atoms with Crippen molar-refractivity contribution in [3.05, 3.63) is 0 Å². The molecule has 2 unspecified atom stereocenters. The summed E-state index contributed by atoms with van der Waals surface area (Å²) in [6, 6.07) is 0. The molecule has 0 aliphatic heterocycles. The number of esters is 1. The summed E-state index contributed by atoms with van der Waals surface area (Å²) in [6.45, 7) is 4.90. The second-order valence-corrected chi connectivity index (χ2v) is 14.1. The fraction of sp³-hybridized carbons (Fsp3) is 0.967. The highest BCUT2D eigenvalue weighted by Crippen LogP contribution is 2.48. The Balaban J connectivity index is 3.92. The maximum absolute atomic E-state index is 12.4. The highest BCUT2D eigenvalue weighted by atomic mass is 31.2. The van der Waals surface area contributed by atoms with Crippen molar-refractivity contribution in [3.8, 4) is 0 Å². The molecule has 2 N–H and O–H groups in total. The van der Waals surface area contributed by atoms with Gasteiger partial charge in [0.1, 0.15) is 6.10 Å². The third-order valence-corrected chi connectivity index (χ3v) is 8.42. The molecule has 0 bridgehead atoms. The van der Waals surface area contributed by atoms with Gasteiger partial charge in [0, 0.05) is 13.5 Å². The summed E-state index contributed by atoms with van der Waals surface area (Å²) in [6.07, 6.45) is 20.0. The zero-order valence-corrected chi connectivity index (χ0v) is 26.9. The van der Waals surface area contributed by atoms with Crippen LogP contribution in [0.2, 0.25) is 0 Å². The number of hydrogen-bond acceptors (Lipinski definition) is 6. The summed E-state index contributed by atoms with van der Waals surface area (Å²) in [4.78, 5) is 21.6. The average molecular weight is 581 g/mol. The number of ether oxygens (including phenoxy) is 2. The van der Waals surface area contributed by atoms with E-state index in [1.807, 2.05) is 0 Å². The third-order valence-electron chi connectivity index (χ3n) is 6.89. The molecule has 0 fully saturated rings. The van der Waals surface area contributed by atoms with Crippen LogP contribution in [-0.2, 0) is 23.4 Å². The second-order valence-electron chi connectivity index (χ2n) is 12.1. The van der Waals surface area contributed by atoms with E-state index in [4.69, 9.17) is 14.0 Å². The van der Waals surface area contributed by atoms with E-state index in [-0.39, 0.29) is 19.6 Å². The van der Waals surface area contributed by atoms with Crippen molar-refractivity contribution in [2.24, 2.45) is 0 Å². The summed E-state index contributed by atoms with van der Waals surface area (Å²) in [5.74, 6) is -1.95. The summed E-state index contributed by atoms with van der Waals surface area (Å²) in [5, 5.41) is 10.2. The van der Waals surface area contributed by atoms with Crippen LogP contribution in [0.5, 0.6) is 0 Å². The quantitative estimate of drug-likeness (QED) is 0.0436. The van der Waals surface area contributed by atoms with Crippen molar-refractivity contribution in [2.45, 2.75) is 141 Å². The van der Waals surface area contributed by atoms with Gasteiger partial charge in [0.15, 0.2) is 5.85 Å². The van der Waals surface area contributed by atoms with Crippen LogP contribution in [0.4, 0.5) is 0 Å². The minimum Gasteiger partial charge on any atom is -0.458 e. The van der Waals surface area contributed by atoms with E-state index in [1.54, 1.807) is 0 Å². The Kier molecular flexibility index (Phi) is 23.8. The molecule has 0 rings (SSSR count). The molecule has 8 nitrogen and oxygen atoms in total. The minimum absolute atomic E-state index is 0.0964. The summed E-state index contributed by atoms with van der Waals surface area (Å²) < 4.78 is 29.3. The van der Waals surface area contributed by atoms with Gasteiger partial charge in [-0.05, 0) is 32.1 Å². The van der Waals surface area contributed by atoms with Crippen LogP contribution in [0.1, 0.15) is 129 Å². The molecule has 0 heterocycles. The van der Waals surface area contributed by atoms with Crippen LogP contribution >= 0.6 is 7.60 Å². The highest BCUT2D eigenvalue weighted by Gasteiger charge is 2.31. The fourth-order valence-corrected chi connectivity index (χ4v) is 5.55. The summed E-state index contributed by atoms with van der Waals surface area (Å²) in [7, 11) is 2.12. The molecule has 3 atom stereocenters. The van der Waals surface area contributed by atoms with Gasteiger partial charge in [0.05, 0.1) is 40.9 Å². The minimum atomic E-state index is -4.23. The second kappa shape index (κ2) is 24.1. The van der Waals surface area contributed by atoms with Crippen molar-refractivity contribution < 1.29 is 37.8 Å². The molecule has 0 aromatic heterocycles. The first-order valence-electron chi connectivity index (χ1n) is 15.7. The van der Waals surface area contributed by atoms with Gasteiger partial charge < -0.3 is 28.5 Å². The summed E-state index contributed by atoms with van der Waals surface area (Å²) >= 11 is 0. The van der Waals surface area contributed by atoms with Crippen molar-refractivity contribution in [3.63, 3.8) is 0 Å². The van der Waals surface area contributed by atoms with Gasteiger partial charge in [0.25, 0.3) is 0 Å². The van der Waals surface area contributed by atoms with E-state index in [1.165, 1.54) is 84.0 Å². The normalized spacial score (nSPS) is 15.2. The van der Waals surface area contributed by atoms with Gasteiger partial charge in [-0.1, -0.05) is 90.4 Å². The Morgan fingerprint density at radius 1 is 0.769 bits per heavy atom. The van der Waals surface area contributed by atoms with Crippen molar-refractivity contribution in [1.82, 2.24) is 0 Å². The first-order valence-corrected chi connectivity index (χ1v) is 17.3. The predicted molar refractivity (Wildman–Crippen MR) is 160 cm³/mol. The Bertz CT molecular complexity index is 627. The molecule has 0 saturated heterocycles. The van der Waals surface area contributed by atoms with E-state index in [9.17, 15) is 19.4 Å². The van der Waals surface area contributed by atoms with Gasteiger partial charge in [-0.15, -0.1) is 0 Å². The lowest BCUT2D eigenvalue weighted by Gasteiger charge is -2.24. The van der Waals surface area contributed by atoms with E-state index < -0.39 is 25.5 Å². The van der Waals surface area contributed by atoms with Gasteiger partial charge in [-0.2, -0.15) is 0 Å². The zero-order chi connectivity index (χ0) is 29.4.